The van der Waals surface area contributed by atoms with Gasteiger partial charge in [-0.3, -0.25) is 4.79 Å². The number of amides is 1. The largest absolute Gasteiger partial charge is 0.338 e. The molecule has 1 aromatic rings. The van der Waals surface area contributed by atoms with Crippen LogP contribution in [0.1, 0.15) is 13.8 Å². The Hall–Kier alpha value is -1.36. The fourth-order valence-corrected chi connectivity index (χ4v) is 1.99. The van der Waals surface area contributed by atoms with Crippen molar-refractivity contribution in [2.24, 2.45) is 0 Å². The standard InChI is InChI=1S/C12H17N3OS/c1-4-15(8-10(2)3)11(16)9-17-12-13-6-5-7-14-12/h5-7H,2,4,8-9H2,1,3H3. The van der Waals surface area contributed by atoms with Crippen LogP contribution in [0.25, 0.3) is 0 Å². The van der Waals surface area contributed by atoms with E-state index in [1.165, 1.54) is 11.8 Å². The minimum Gasteiger partial charge on any atom is -0.338 e. The zero-order valence-electron chi connectivity index (χ0n) is 10.2. The summed E-state index contributed by atoms with van der Waals surface area (Å²) in [5.41, 5.74) is 0.987. The fraction of sp³-hybridized carbons (Fsp3) is 0.417. The van der Waals surface area contributed by atoms with E-state index in [0.717, 1.165) is 5.57 Å². The van der Waals surface area contributed by atoms with E-state index in [4.69, 9.17) is 0 Å². The van der Waals surface area contributed by atoms with E-state index in [1.807, 2.05) is 13.8 Å². The molecule has 0 saturated carbocycles. The Morgan fingerprint density at radius 2 is 2.12 bits per heavy atom. The van der Waals surface area contributed by atoms with Crippen molar-refractivity contribution in [3.63, 3.8) is 0 Å². The van der Waals surface area contributed by atoms with Gasteiger partial charge in [-0.1, -0.05) is 23.9 Å². The van der Waals surface area contributed by atoms with Crippen molar-refractivity contribution in [1.82, 2.24) is 14.9 Å². The molecule has 0 fully saturated rings. The van der Waals surface area contributed by atoms with Crippen molar-refractivity contribution < 1.29 is 4.79 Å². The topological polar surface area (TPSA) is 46.1 Å². The number of likely N-dealkylation sites (N-methyl/N-ethyl adjacent to an activating group) is 1. The summed E-state index contributed by atoms with van der Waals surface area (Å²) in [6, 6.07) is 1.76. The van der Waals surface area contributed by atoms with Crippen LogP contribution < -0.4 is 0 Å². The van der Waals surface area contributed by atoms with Gasteiger partial charge in [-0.15, -0.1) is 0 Å². The second-order valence-electron chi connectivity index (χ2n) is 3.69. The zero-order chi connectivity index (χ0) is 12.7. The van der Waals surface area contributed by atoms with E-state index in [9.17, 15) is 4.79 Å². The molecule has 1 aromatic heterocycles. The summed E-state index contributed by atoms with van der Waals surface area (Å²) < 4.78 is 0. The van der Waals surface area contributed by atoms with Crippen LogP contribution in [0.5, 0.6) is 0 Å². The summed E-state index contributed by atoms with van der Waals surface area (Å²) in [6.45, 7) is 9.01. The lowest BCUT2D eigenvalue weighted by Gasteiger charge is -2.20. The number of rotatable bonds is 6. The van der Waals surface area contributed by atoms with Gasteiger partial charge in [-0.05, 0) is 19.9 Å². The van der Waals surface area contributed by atoms with Crippen molar-refractivity contribution in [3.05, 3.63) is 30.6 Å². The molecule has 1 rings (SSSR count). The highest BCUT2D eigenvalue weighted by Gasteiger charge is 2.12. The third kappa shape index (κ3) is 4.99. The molecule has 4 nitrogen and oxygen atoms in total. The summed E-state index contributed by atoms with van der Waals surface area (Å²) in [5.74, 6) is 0.457. The molecular weight excluding hydrogens is 234 g/mol. The lowest BCUT2D eigenvalue weighted by Crippen LogP contribution is -2.33. The summed E-state index contributed by atoms with van der Waals surface area (Å²) in [7, 11) is 0. The van der Waals surface area contributed by atoms with Gasteiger partial charge in [0.25, 0.3) is 0 Å². The molecule has 5 heteroatoms. The average molecular weight is 251 g/mol. The van der Waals surface area contributed by atoms with Crippen LogP contribution >= 0.6 is 11.8 Å². The van der Waals surface area contributed by atoms with Gasteiger partial charge in [-0.2, -0.15) is 0 Å². The second kappa shape index (κ2) is 7.06. The molecule has 0 aliphatic heterocycles. The van der Waals surface area contributed by atoms with E-state index < -0.39 is 0 Å². The molecule has 0 aromatic carbocycles. The molecule has 0 radical (unpaired) electrons. The Morgan fingerprint density at radius 3 is 2.65 bits per heavy atom. The predicted octanol–water partition coefficient (Wildman–Crippen LogP) is 1.99. The van der Waals surface area contributed by atoms with Gasteiger partial charge in [0.2, 0.25) is 5.91 Å². The first-order chi connectivity index (χ1) is 8.13. The van der Waals surface area contributed by atoms with Gasteiger partial charge in [0.05, 0.1) is 5.75 Å². The van der Waals surface area contributed by atoms with Crippen LogP contribution in [0.2, 0.25) is 0 Å². The second-order valence-corrected chi connectivity index (χ2v) is 4.63. The minimum atomic E-state index is 0.0907. The first-order valence-electron chi connectivity index (χ1n) is 5.45. The molecule has 0 bridgehead atoms. The summed E-state index contributed by atoms with van der Waals surface area (Å²) >= 11 is 1.36. The molecule has 0 saturated heterocycles. The monoisotopic (exact) mass is 251 g/mol. The summed E-state index contributed by atoms with van der Waals surface area (Å²) in [6.07, 6.45) is 3.34. The lowest BCUT2D eigenvalue weighted by atomic mass is 10.3. The molecule has 1 heterocycles. The minimum absolute atomic E-state index is 0.0907. The van der Waals surface area contributed by atoms with Crippen LogP contribution in [-0.2, 0) is 4.79 Å². The van der Waals surface area contributed by atoms with Crippen LogP contribution in [-0.4, -0.2) is 39.6 Å². The van der Waals surface area contributed by atoms with Gasteiger partial charge in [-0.25, -0.2) is 9.97 Å². The fourth-order valence-electron chi connectivity index (χ4n) is 1.28. The SMILES string of the molecule is C=C(C)CN(CC)C(=O)CSc1ncccn1. The van der Waals surface area contributed by atoms with Crippen molar-refractivity contribution in [2.45, 2.75) is 19.0 Å². The Kier molecular flexibility index (Phi) is 5.69. The summed E-state index contributed by atoms with van der Waals surface area (Å²) in [4.78, 5) is 21.8. The van der Waals surface area contributed by atoms with E-state index in [0.29, 0.717) is 24.0 Å². The van der Waals surface area contributed by atoms with Crippen molar-refractivity contribution >= 4 is 17.7 Å². The van der Waals surface area contributed by atoms with Crippen molar-refractivity contribution in [3.8, 4) is 0 Å². The maximum Gasteiger partial charge on any atom is 0.233 e. The molecule has 0 atom stereocenters. The normalized spacial score (nSPS) is 10.0. The molecule has 92 valence electrons. The Morgan fingerprint density at radius 1 is 1.47 bits per heavy atom. The van der Waals surface area contributed by atoms with E-state index in [-0.39, 0.29) is 5.91 Å². The van der Waals surface area contributed by atoms with Gasteiger partial charge in [0.15, 0.2) is 5.16 Å². The third-order valence-electron chi connectivity index (χ3n) is 2.06. The molecule has 0 aliphatic carbocycles. The van der Waals surface area contributed by atoms with Crippen LogP contribution in [0.15, 0.2) is 35.8 Å². The number of thioether (sulfide) groups is 1. The highest BCUT2D eigenvalue weighted by atomic mass is 32.2. The van der Waals surface area contributed by atoms with Crippen LogP contribution in [0.4, 0.5) is 0 Å². The number of nitrogens with zero attached hydrogens (tertiary/aromatic N) is 3. The van der Waals surface area contributed by atoms with Gasteiger partial charge < -0.3 is 4.90 Å². The molecule has 0 N–H and O–H groups in total. The number of aromatic nitrogens is 2. The van der Waals surface area contributed by atoms with Gasteiger partial charge >= 0.3 is 0 Å². The molecule has 17 heavy (non-hydrogen) atoms. The first-order valence-corrected chi connectivity index (χ1v) is 6.44. The Bertz CT molecular complexity index is 381. The molecule has 1 amide bonds. The molecule has 0 spiro atoms. The van der Waals surface area contributed by atoms with Gasteiger partial charge in [0.1, 0.15) is 0 Å². The van der Waals surface area contributed by atoms with Gasteiger partial charge in [0, 0.05) is 25.5 Å². The van der Waals surface area contributed by atoms with Crippen LogP contribution in [0.3, 0.4) is 0 Å². The quantitative estimate of drug-likeness (QED) is 0.441. The molecule has 0 aliphatic rings. The maximum absolute atomic E-state index is 11.9. The smallest absolute Gasteiger partial charge is 0.233 e. The maximum atomic E-state index is 11.9. The number of hydrogen-bond donors (Lipinski definition) is 0. The average Bonchev–Trinajstić information content (AvgIpc) is 2.34. The zero-order valence-corrected chi connectivity index (χ0v) is 11.0. The molecule has 0 unspecified atom stereocenters. The highest BCUT2D eigenvalue weighted by molar-refractivity contribution is 7.99. The Labute approximate surface area is 106 Å². The first kappa shape index (κ1) is 13.7. The summed E-state index contributed by atoms with van der Waals surface area (Å²) in [5, 5.41) is 0.632. The third-order valence-corrected chi connectivity index (χ3v) is 2.92. The van der Waals surface area contributed by atoms with E-state index in [2.05, 4.69) is 16.5 Å². The van der Waals surface area contributed by atoms with Crippen molar-refractivity contribution in [2.75, 3.05) is 18.8 Å². The number of carbonyl (C=O) groups is 1. The highest BCUT2D eigenvalue weighted by Crippen LogP contribution is 2.12. The van der Waals surface area contributed by atoms with Crippen molar-refractivity contribution in [1.29, 1.82) is 0 Å². The lowest BCUT2D eigenvalue weighted by molar-refractivity contribution is -0.127. The molecular formula is C12H17N3OS. The van der Waals surface area contributed by atoms with E-state index in [1.54, 1.807) is 23.4 Å². The van der Waals surface area contributed by atoms with E-state index >= 15 is 0 Å². The van der Waals surface area contributed by atoms with Crippen LogP contribution in [0, 0.1) is 0 Å². The Balaban J connectivity index is 2.45. The number of hydrogen-bond acceptors (Lipinski definition) is 4. The predicted molar refractivity (Wildman–Crippen MR) is 69.8 cm³/mol. The number of carbonyl (C=O) groups excluding carboxylic acids is 1.